The summed E-state index contributed by atoms with van der Waals surface area (Å²) in [6, 6.07) is 10.9. The average molecular weight is 2030 g/mol. The third-order valence-electron chi connectivity index (χ3n) is 25.1. The van der Waals surface area contributed by atoms with E-state index in [1.54, 1.807) is 42.5 Å². The highest BCUT2D eigenvalue weighted by Crippen LogP contribution is 2.42. The Labute approximate surface area is 799 Å². The van der Waals surface area contributed by atoms with E-state index in [1.165, 1.54) is 42.9 Å². The number of aromatic nitrogens is 2. The predicted octanol–water partition coefficient (Wildman–Crippen LogP) is 0.472. The molecular weight excluding hydrogens is 1950 g/mol. The van der Waals surface area contributed by atoms with Gasteiger partial charge in [-0.3, -0.25) is 221 Å². The van der Waals surface area contributed by atoms with Gasteiger partial charge in [0.15, 0.2) is 29.1 Å². The van der Waals surface area contributed by atoms with Gasteiger partial charge in [0.25, 0.3) is 76.6 Å². The van der Waals surface area contributed by atoms with Crippen molar-refractivity contribution in [3.8, 4) is 0 Å². The number of halogens is 5. The first-order chi connectivity index (χ1) is 67.4. The number of nitrogens with one attached hydrogen (secondary N) is 7. The summed E-state index contributed by atoms with van der Waals surface area (Å²) in [5.41, 5.74) is -0.711. The molecule has 21 rings (SSSR count). The van der Waals surface area contributed by atoms with Gasteiger partial charge in [-0.15, -0.1) is 0 Å². The topological polar surface area (TPSA) is 654 Å². The van der Waals surface area contributed by atoms with Crippen LogP contribution in [0.5, 0.6) is 0 Å². The molecule has 9 atom stereocenters. The van der Waals surface area contributed by atoms with E-state index in [9.17, 15) is 162 Å². The number of hydrogen-bond donors (Lipinski definition) is 7. The monoisotopic (exact) mass is 2020 g/mol. The van der Waals surface area contributed by atoms with Crippen LogP contribution in [-0.4, -0.2) is 263 Å². The zero-order valence-electron chi connectivity index (χ0n) is 73.2. The van der Waals surface area contributed by atoms with Gasteiger partial charge in [-0.2, -0.15) is 0 Å². The molecule has 16 heterocycles. The highest BCUT2D eigenvalue weighted by atomic mass is 79.9. The summed E-state index contributed by atoms with van der Waals surface area (Å²) in [6.45, 7) is 1.38. The Morgan fingerprint density at radius 2 is 0.697 bits per heavy atom. The second-order valence-corrected chi connectivity index (χ2v) is 34.6. The SMILES string of the molecule is Cc1ccc2c(c1)C(=O)N(C1CCC(=O)NC1=O)C2=O.O=C1CC(=O)C(N2C(=O)c3c(F)c(F)c(F)c(F)c3C2=O)CN1.O=C1CCC(N2C(=O)C3CCCCC3C2=O)C(=O)N1.O=C1CCC(N2C(=O)c3ccc(Br)cc3C2=O)C(=O)N1.O=C1CCC(N2C(=O)c3cccc([N+](=O)[O-])c3C2=O)C(=O)N1.O=C1CCC(N2C(=O)c3cccnc3C2=O)C(=O)N1.O=C1CCC(N2C(=O)c3ccncc3C2=O)C(=O)N1. The van der Waals surface area contributed by atoms with Gasteiger partial charge in [0, 0.05) is 74.2 Å². The number of pyridine rings is 2. The summed E-state index contributed by atoms with van der Waals surface area (Å²) in [4.78, 5) is 355. The second-order valence-electron chi connectivity index (χ2n) is 33.7. The van der Waals surface area contributed by atoms with Gasteiger partial charge >= 0.3 is 0 Å². The lowest BCUT2D eigenvalue weighted by Crippen LogP contribution is -2.55. The maximum absolute atomic E-state index is 13.7. The molecule has 8 saturated heterocycles. The first-order valence-corrected chi connectivity index (χ1v) is 44.1. The molecule has 47 nitrogen and oxygen atoms in total. The number of nitrogens with zero attached hydrogens (tertiary/aromatic N) is 10. The van der Waals surface area contributed by atoms with E-state index < -0.39 is 230 Å². The molecule has 6 aromatic rings. The van der Waals surface area contributed by atoms with E-state index in [0.29, 0.717) is 20.5 Å². The number of Topliss-reactive ketones (excluding diaryl/α,β-unsaturated/α-hetero) is 1. The molecule has 9 unspecified atom stereocenters. The fourth-order valence-corrected chi connectivity index (χ4v) is 18.6. The number of likely N-dealkylation sites (tertiary alicyclic amines) is 1. The maximum atomic E-state index is 13.7. The average Bonchev–Trinajstić information content (AvgIpc) is 1.59. The van der Waals surface area contributed by atoms with Crippen LogP contribution in [-0.2, 0) is 76.7 Å². The quantitative estimate of drug-likeness (QED) is 0.0207. The maximum Gasteiger partial charge on any atom is 0.282 e. The zero-order valence-corrected chi connectivity index (χ0v) is 74.8. The van der Waals surface area contributed by atoms with E-state index in [2.05, 4.69) is 63.1 Å². The molecule has 142 heavy (non-hydrogen) atoms. The standard InChI is InChI=1S/C14H12N2O4.C13H9BrN2O4.C13H6F4N2O4.C13H9N3O6.C13H16N2O4.2C12H9N3O4/c1-7-2-3-8-9(6-7)14(20)16(13(8)19)10-4-5-11(17)15-12(10)18;14-6-1-2-7-8(5-6)13(20)16(12(7)19)9-3-4-10(17)15-11(9)18;14-8-6-7(9(15)11(17)10(8)16)13(23)19(12(6)22)3-2-18-5(21)1-4(3)20;17-9-5-4-8(11(18)14-9)15-12(19)6-2-1-3-7(16(21)22)10(6)13(15)20;16-10-6-5-9(11(17)14-10)15-12(18)7-3-1-2-4-8(7)13(15)19;16-9-2-1-8(10(17)14-9)15-11(18)6-3-4-13-5-7(6)12(15)19;16-8-4-3-7(10(17)14-8)15-11(18)6-2-1-5-13-9(6)12(15)19/h2-3,6,10H,4-5H2,1H3,(H,15,17,18);1-2,5,9H,3-4H2,(H,15,17,18);3H,1-2H2,(H,18,21);1-3,8H,4-5H2,(H,14,17,18);7-9H,1-6H2,(H,14,16,17);3-5,8H,1-2H2,(H,14,16,17);1-2,5,7H,3-4H2,(H,14,16,17). The molecule has 0 bridgehead atoms. The molecule has 4 aromatic carbocycles. The van der Waals surface area contributed by atoms with Gasteiger partial charge in [0.2, 0.25) is 88.6 Å². The third kappa shape index (κ3) is 18.4. The van der Waals surface area contributed by atoms with Crippen molar-refractivity contribution in [1.82, 2.24) is 81.5 Å². The van der Waals surface area contributed by atoms with Gasteiger partial charge in [0.1, 0.15) is 53.6 Å². The van der Waals surface area contributed by atoms with Gasteiger partial charge in [-0.25, -0.2) is 17.6 Å². The van der Waals surface area contributed by atoms with Crippen molar-refractivity contribution >= 4 is 187 Å². The van der Waals surface area contributed by atoms with Crippen molar-refractivity contribution < 1.29 is 157 Å². The first kappa shape index (κ1) is 99.2. The minimum absolute atomic E-state index is 0.00390. The molecule has 14 aliphatic heterocycles. The van der Waals surface area contributed by atoms with Crippen molar-refractivity contribution in [2.75, 3.05) is 6.54 Å². The first-order valence-electron chi connectivity index (χ1n) is 43.3. The Bertz CT molecular complexity index is 6500. The number of nitro benzene ring substituents is 1. The van der Waals surface area contributed by atoms with Crippen molar-refractivity contribution in [2.24, 2.45) is 11.8 Å². The normalized spacial score (nSPS) is 23.6. The fourth-order valence-electron chi connectivity index (χ4n) is 18.3. The van der Waals surface area contributed by atoms with Gasteiger partial charge in [-0.05, 0) is 113 Å². The van der Waals surface area contributed by atoms with E-state index >= 15 is 0 Å². The lowest BCUT2D eigenvalue weighted by Gasteiger charge is -2.28. The number of carbonyl (C=O) groups is 28. The van der Waals surface area contributed by atoms with Crippen LogP contribution < -0.4 is 37.2 Å². The van der Waals surface area contributed by atoms with Gasteiger partial charge in [-0.1, -0.05) is 46.5 Å². The van der Waals surface area contributed by atoms with Crippen LogP contribution in [0.2, 0.25) is 0 Å². The summed E-state index contributed by atoms with van der Waals surface area (Å²) in [5.74, 6) is -25.6. The number of benzene rings is 4. The summed E-state index contributed by atoms with van der Waals surface area (Å²) >= 11 is 3.24. The number of carbonyl (C=O) groups excluding carboxylic acids is 28. The second kappa shape index (κ2) is 39.7. The molecule has 52 heteroatoms. The molecule has 730 valence electrons. The van der Waals surface area contributed by atoms with Crippen LogP contribution in [0.15, 0.2) is 95.9 Å². The molecule has 0 spiro atoms. The van der Waals surface area contributed by atoms with Crippen molar-refractivity contribution in [3.05, 3.63) is 202 Å². The molecule has 0 radical (unpaired) electrons. The summed E-state index contributed by atoms with van der Waals surface area (Å²) in [5, 5.41) is 26.1. The summed E-state index contributed by atoms with van der Waals surface area (Å²) < 4.78 is 54.6. The molecule has 1 aliphatic carbocycles. The highest BCUT2D eigenvalue weighted by molar-refractivity contribution is 9.10. The number of fused-ring (bicyclic) bond motifs is 7. The Morgan fingerprint density at radius 3 is 1.11 bits per heavy atom. The number of hydrogen-bond acceptors (Lipinski definition) is 32. The van der Waals surface area contributed by atoms with Crippen molar-refractivity contribution in [2.45, 2.75) is 158 Å². The van der Waals surface area contributed by atoms with E-state index in [0.717, 1.165) is 61.8 Å². The lowest BCUT2D eigenvalue weighted by atomic mass is 9.81. The Balaban J connectivity index is 0.000000125. The van der Waals surface area contributed by atoms with Crippen LogP contribution in [0.4, 0.5) is 23.2 Å². The van der Waals surface area contributed by atoms with Crippen LogP contribution in [0.3, 0.4) is 0 Å². The molecular formula is C90H70BrF4N17O30. The van der Waals surface area contributed by atoms with Crippen LogP contribution in [0, 0.1) is 52.1 Å². The molecule has 7 N–H and O–H groups in total. The van der Waals surface area contributed by atoms with Gasteiger partial charge in [0.05, 0.1) is 78.8 Å². The largest absolute Gasteiger partial charge is 0.353 e. The number of nitro groups is 1. The number of rotatable bonds is 8. The molecule has 15 aliphatic rings. The molecule has 2 aromatic heterocycles. The molecule has 27 amide bonds. The number of amides is 27. The van der Waals surface area contributed by atoms with E-state index in [-0.39, 0.29) is 174 Å². The zero-order chi connectivity index (χ0) is 103. The lowest BCUT2D eigenvalue weighted by molar-refractivity contribution is -0.385. The summed E-state index contributed by atoms with van der Waals surface area (Å²) in [7, 11) is 0. The Hall–Kier alpha value is -17.3. The third-order valence-corrected chi connectivity index (χ3v) is 25.6. The fraction of sp³-hybridized carbons (Fsp3) is 0.311. The number of aryl methyl sites for hydroxylation is 1. The minimum Gasteiger partial charge on any atom is -0.353 e. The van der Waals surface area contributed by atoms with Gasteiger partial charge < -0.3 is 5.32 Å². The van der Waals surface area contributed by atoms with E-state index in [1.807, 2.05) is 6.92 Å². The number of ketones is 1. The Kier molecular flexibility index (Phi) is 27.7. The highest BCUT2D eigenvalue weighted by Gasteiger charge is 2.56. The van der Waals surface area contributed by atoms with Crippen LogP contribution >= 0.6 is 15.9 Å². The minimum atomic E-state index is -2.23. The molecule has 1 saturated carbocycles. The number of imide groups is 13. The van der Waals surface area contributed by atoms with Crippen LogP contribution in [0.25, 0.3) is 0 Å². The Morgan fingerprint density at radius 1 is 0.345 bits per heavy atom. The van der Waals surface area contributed by atoms with E-state index in [4.69, 9.17) is 0 Å². The van der Waals surface area contributed by atoms with Crippen molar-refractivity contribution in [3.63, 3.8) is 0 Å². The van der Waals surface area contributed by atoms with Crippen LogP contribution in [0.1, 0.15) is 239 Å². The molecule has 9 fully saturated rings. The summed E-state index contributed by atoms with van der Waals surface area (Å²) in [6.07, 6.45) is 8.44. The smallest absolute Gasteiger partial charge is 0.282 e. The predicted molar refractivity (Wildman–Crippen MR) is 457 cm³/mol. The van der Waals surface area contributed by atoms with Crippen molar-refractivity contribution in [1.29, 1.82) is 0 Å². The number of piperidine rings is 7.